The lowest BCUT2D eigenvalue weighted by Gasteiger charge is -2.42. The largest absolute Gasteiger partial charge is 0.496 e. The van der Waals surface area contributed by atoms with Gasteiger partial charge in [0, 0.05) is 65.1 Å². The van der Waals surface area contributed by atoms with Crippen LogP contribution in [0.3, 0.4) is 0 Å². The van der Waals surface area contributed by atoms with Crippen LogP contribution in [0.2, 0.25) is 0 Å². The molecule has 3 heterocycles. The number of hydrogen-bond acceptors (Lipinski definition) is 25. The van der Waals surface area contributed by atoms with E-state index in [0.717, 1.165) is 25.7 Å². The second-order valence-corrected chi connectivity index (χ2v) is 23.7. The molecule has 456 valence electrons. The highest BCUT2D eigenvalue weighted by Gasteiger charge is 2.47. The van der Waals surface area contributed by atoms with Gasteiger partial charge in [-0.1, -0.05) is 46.2 Å². The molecule has 9 rings (SSSR count). The topological polar surface area (TPSA) is 375 Å². The zero-order valence-electron chi connectivity index (χ0n) is 47.2. The van der Waals surface area contributed by atoms with Gasteiger partial charge in [-0.2, -0.15) is 9.97 Å². The third-order valence-electron chi connectivity index (χ3n) is 15.1. The molecule has 10 N–H and O–H groups in total. The number of ether oxygens (including phenoxy) is 6. The van der Waals surface area contributed by atoms with Crippen molar-refractivity contribution in [3.8, 4) is 5.75 Å². The average Bonchev–Trinajstić information content (AvgIpc) is 1.05. The summed E-state index contributed by atoms with van der Waals surface area (Å²) in [6.45, 7) is 0.879. The quantitative estimate of drug-likeness (QED) is 0.0140. The second kappa shape index (κ2) is 28.6. The highest BCUT2D eigenvalue weighted by molar-refractivity contribution is 8.76. The molecular weight excluding hydrogens is 1150 g/mol. The molecule has 2 amide bonds. The zero-order chi connectivity index (χ0) is 61.1. The van der Waals surface area contributed by atoms with E-state index in [9.17, 15) is 48.9 Å². The molecule has 86 heavy (non-hydrogen) atoms. The molecule has 0 saturated carbocycles. The van der Waals surface area contributed by atoms with Crippen molar-refractivity contribution in [2.45, 2.75) is 126 Å². The van der Waals surface area contributed by atoms with E-state index in [2.05, 4.69) is 35.9 Å². The van der Waals surface area contributed by atoms with E-state index < -0.39 is 96.3 Å². The Morgan fingerprint density at radius 2 is 1.70 bits per heavy atom. The maximum absolute atomic E-state index is 14.0. The number of amides is 2. The van der Waals surface area contributed by atoms with Gasteiger partial charge in [0.15, 0.2) is 40.6 Å². The minimum Gasteiger partial charge on any atom is -0.496 e. The molecule has 25 nitrogen and oxygen atoms in total. The van der Waals surface area contributed by atoms with E-state index in [1.54, 1.807) is 43.3 Å². The third-order valence-corrected chi connectivity index (χ3v) is 17.4. The summed E-state index contributed by atoms with van der Waals surface area (Å²) in [5.74, 6) is -2.55. The maximum atomic E-state index is 14.0. The Balaban J connectivity index is 0.715. The van der Waals surface area contributed by atoms with Crippen LogP contribution in [-0.4, -0.2) is 157 Å². The van der Waals surface area contributed by atoms with E-state index in [1.165, 1.54) is 53.1 Å². The Hall–Kier alpha value is -7.79. The summed E-state index contributed by atoms with van der Waals surface area (Å²) in [7, 11) is 4.12. The average molecular weight is 1220 g/mol. The Labute approximate surface area is 501 Å². The van der Waals surface area contributed by atoms with Crippen molar-refractivity contribution in [1.82, 2.24) is 30.6 Å². The molecule has 0 bridgehead atoms. The van der Waals surface area contributed by atoms with Crippen LogP contribution in [0.4, 0.5) is 22.2 Å². The molecule has 27 heteroatoms. The van der Waals surface area contributed by atoms with Gasteiger partial charge >= 0.3 is 18.0 Å². The monoisotopic (exact) mass is 1220 g/mol. The molecule has 1 fully saturated rings. The minimum atomic E-state index is -2.11. The van der Waals surface area contributed by atoms with Crippen LogP contribution in [0.1, 0.15) is 130 Å². The summed E-state index contributed by atoms with van der Waals surface area (Å²) in [6, 6.07) is 12.1. The zero-order valence-corrected chi connectivity index (χ0v) is 48.8. The number of nitrogens with two attached hydrogens (primary N) is 2. The highest BCUT2D eigenvalue weighted by atomic mass is 33.1. The normalized spacial score (nSPS) is 22.3. The lowest BCUT2D eigenvalue weighted by Crippen LogP contribution is -2.56. The smallest absolute Gasteiger partial charge is 0.407 e. The summed E-state index contributed by atoms with van der Waals surface area (Å²) < 4.78 is 34.5. The fourth-order valence-electron chi connectivity index (χ4n) is 10.6. The van der Waals surface area contributed by atoms with Crippen LogP contribution in [0.25, 0.3) is 11.2 Å². The van der Waals surface area contributed by atoms with Gasteiger partial charge in [-0.25, -0.2) is 19.6 Å². The number of alkyl carbamates (subject to hydrolysis) is 1. The molecule has 4 aliphatic rings. The van der Waals surface area contributed by atoms with Crippen molar-refractivity contribution >= 4 is 91.5 Å². The summed E-state index contributed by atoms with van der Waals surface area (Å²) in [4.78, 5) is 111. The Kier molecular flexibility index (Phi) is 20.9. The molecule has 8 atom stereocenters. The molecule has 0 spiro atoms. The fourth-order valence-corrected chi connectivity index (χ4v) is 12.2. The number of esters is 2. The van der Waals surface area contributed by atoms with Crippen molar-refractivity contribution in [2.75, 3.05) is 55.2 Å². The number of rotatable bonds is 23. The summed E-state index contributed by atoms with van der Waals surface area (Å²) in [6.07, 6.45) is 3.17. The van der Waals surface area contributed by atoms with Crippen LogP contribution in [-0.2, 0) is 51.0 Å². The van der Waals surface area contributed by atoms with E-state index in [-0.39, 0.29) is 103 Å². The number of carbonyl (C=O) groups is 7. The molecule has 1 unspecified atom stereocenters. The summed E-state index contributed by atoms with van der Waals surface area (Å²) >= 11 is 0. The standard InChI is InChI=1S/C59H67N9O16S2/c1-31-50(72)42(25-47(82-31)84-44-27-59(78,45(70)30-69)26-33-23-39-40(24-38(33)44)52(74)48-37(51(39)73)11-8-12-43(48)79-2)66-58(77)81-20-22-86-85-21-19-80-46(71)18-17-41(56(76)83-36-9-6-4-3-5-7-10-36)65-55(75)32-13-15-34(16-14-32)62-28-35-29-63-54-49(64-35)53(60)67-57(61)68-54/h6,8-9,11-16,23-24,29,31,36,41-42,44,47,50,62,69,72,78H,3-5,7,10,17-22,25-28,30H2,1-2H3,(H,65,75)(H,66,77)(H4,60,61,63,67,68)/b9-6+/t31-,36?,41+,42+,44-,47-,50+,59-/m0/s1. The van der Waals surface area contributed by atoms with Crippen molar-refractivity contribution in [1.29, 1.82) is 0 Å². The number of ketones is 3. The predicted molar refractivity (Wildman–Crippen MR) is 315 cm³/mol. The number of aliphatic hydroxyl groups excluding tert-OH is 2. The van der Waals surface area contributed by atoms with Crippen LogP contribution in [0.5, 0.6) is 5.75 Å². The number of aromatic nitrogens is 4. The van der Waals surface area contributed by atoms with Gasteiger partial charge in [0.25, 0.3) is 5.91 Å². The van der Waals surface area contributed by atoms with Gasteiger partial charge in [0.2, 0.25) is 5.95 Å². The number of methoxy groups -OCH3 is 1. The molecule has 3 aromatic carbocycles. The minimum absolute atomic E-state index is 0.00866. The first-order chi connectivity index (χ1) is 41.4. The number of aliphatic hydroxyl groups is 3. The first-order valence-electron chi connectivity index (χ1n) is 28.1. The molecule has 1 saturated heterocycles. The van der Waals surface area contributed by atoms with Crippen LogP contribution in [0.15, 0.2) is 72.9 Å². The van der Waals surface area contributed by atoms with Gasteiger partial charge in [-0.3, -0.25) is 24.0 Å². The number of nitrogens with zero attached hydrogens (tertiary/aromatic N) is 4. The first-order valence-corrected chi connectivity index (χ1v) is 30.6. The number of Topliss-reactive ketones (excluding diaryl/α,β-unsaturated/α-hetero) is 1. The predicted octanol–water partition coefficient (Wildman–Crippen LogP) is 4.80. The number of allylic oxidation sites excluding steroid dienone is 1. The number of nitrogen functional groups attached to an aromatic ring is 2. The lowest BCUT2D eigenvalue weighted by atomic mass is 9.73. The van der Waals surface area contributed by atoms with E-state index in [4.69, 9.17) is 39.9 Å². The van der Waals surface area contributed by atoms with Crippen molar-refractivity contribution in [3.63, 3.8) is 0 Å². The lowest BCUT2D eigenvalue weighted by molar-refractivity contribution is -0.249. The molecule has 1 aliphatic heterocycles. The fraction of sp³-hybridized carbons (Fsp3) is 0.441. The number of nitrogens with one attached hydrogen (secondary N) is 3. The second-order valence-electron chi connectivity index (χ2n) is 21.0. The summed E-state index contributed by atoms with van der Waals surface area (Å²) in [5, 5.41) is 41.2. The van der Waals surface area contributed by atoms with Gasteiger partial charge < -0.3 is 71.2 Å². The van der Waals surface area contributed by atoms with Crippen molar-refractivity contribution < 1.29 is 77.3 Å². The van der Waals surface area contributed by atoms with Gasteiger partial charge in [-0.15, -0.1) is 0 Å². The Morgan fingerprint density at radius 3 is 2.47 bits per heavy atom. The molecule has 5 aromatic rings. The molecule has 0 radical (unpaired) electrons. The van der Waals surface area contributed by atoms with Crippen molar-refractivity contribution in [3.05, 3.63) is 118 Å². The van der Waals surface area contributed by atoms with E-state index in [0.29, 0.717) is 46.0 Å². The number of carbonyl (C=O) groups excluding carboxylic acids is 7. The van der Waals surface area contributed by atoms with Crippen LogP contribution in [0, 0.1) is 0 Å². The van der Waals surface area contributed by atoms with E-state index in [1.807, 2.05) is 12.2 Å². The number of fused-ring (bicyclic) bond motifs is 4. The van der Waals surface area contributed by atoms with Gasteiger partial charge in [0.1, 0.15) is 49.4 Å². The highest BCUT2D eigenvalue weighted by Crippen LogP contribution is 2.44. The Morgan fingerprint density at radius 1 is 0.930 bits per heavy atom. The first kappa shape index (κ1) is 62.7. The SMILES string of the molecule is COc1cccc2c1C(=O)c1cc3c(cc1C2=O)C[C@@](O)(C(=O)CO)C[C@@H]3O[C@H]1C[C@@H](NC(=O)OCCSSCCOC(=O)CC[C@@H](NC(=O)c2ccc(NCc3cnc4nc(N)nc(N)c4n3)cc2)C(=O)OC2/C=C/CCCCC2)[C@H](O)[C@H](C)O1. The maximum Gasteiger partial charge on any atom is 0.407 e. The molecule has 2 aromatic heterocycles. The molecular formula is C59H67N9O16S2. The molecule has 3 aliphatic carbocycles. The third kappa shape index (κ3) is 15.2. The van der Waals surface area contributed by atoms with Crippen molar-refractivity contribution in [2.24, 2.45) is 0 Å². The van der Waals surface area contributed by atoms with Gasteiger partial charge in [-0.05, 0) is 98.7 Å². The summed E-state index contributed by atoms with van der Waals surface area (Å²) in [5.41, 5.74) is 12.7. The van der Waals surface area contributed by atoms with Crippen LogP contribution >= 0.6 is 21.6 Å². The number of anilines is 3. The van der Waals surface area contributed by atoms with Crippen LogP contribution < -0.4 is 32.2 Å². The van der Waals surface area contributed by atoms with Gasteiger partial charge in [0.05, 0.1) is 49.4 Å². The van der Waals surface area contributed by atoms with E-state index >= 15 is 0 Å². The Bertz CT molecular complexity index is 3390. The number of hydrogen-bond donors (Lipinski definition) is 8. The number of benzene rings is 3.